The van der Waals surface area contributed by atoms with Crippen molar-refractivity contribution in [3.8, 4) is 21.9 Å². The number of halogens is 1. The number of aromatic nitrogens is 7. The first-order valence-corrected chi connectivity index (χ1v) is 23.6. The van der Waals surface area contributed by atoms with E-state index in [1.54, 1.807) is 41.7 Å². The van der Waals surface area contributed by atoms with Crippen molar-refractivity contribution in [2.75, 3.05) is 20.3 Å². The molecule has 67 heavy (non-hydrogen) atoms. The number of nitrogens with zero attached hydrogens (tertiary/aromatic N) is 8. The third-order valence-corrected chi connectivity index (χ3v) is 14.1. The molecule has 7 heterocycles. The van der Waals surface area contributed by atoms with E-state index in [9.17, 15) is 14.4 Å². The summed E-state index contributed by atoms with van der Waals surface area (Å²) >= 11 is 7.93. The Morgan fingerprint density at radius 1 is 0.940 bits per heavy atom. The molecule has 1 aliphatic rings. The van der Waals surface area contributed by atoms with Crippen LogP contribution in [0, 0.1) is 34.6 Å². The zero-order chi connectivity index (χ0) is 47.1. The average Bonchev–Trinajstić information content (AvgIpc) is 4.02. The number of imidazole rings is 1. The monoisotopic (exact) mass is 938 g/mol. The van der Waals surface area contributed by atoms with Crippen LogP contribution in [0.3, 0.4) is 0 Å². The van der Waals surface area contributed by atoms with E-state index in [4.69, 9.17) is 35.5 Å². The highest BCUT2D eigenvalue weighted by atomic mass is 35.5. The lowest BCUT2D eigenvalue weighted by Gasteiger charge is -2.15. The van der Waals surface area contributed by atoms with Crippen molar-refractivity contribution in [1.29, 1.82) is 0 Å². The zero-order valence-electron chi connectivity index (χ0n) is 38.6. The molecular formula is C51H51ClN8O6S. The van der Waals surface area contributed by atoms with Crippen LogP contribution in [-0.4, -0.2) is 71.5 Å². The van der Waals surface area contributed by atoms with E-state index in [1.165, 1.54) is 9.44 Å². The first-order chi connectivity index (χ1) is 32.3. The van der Waals surface area contributed by atoms with E-state index in [0.717, 1.165) is 55.7 Å². The summed E-state index contributed by atoms with van der Waals surface area (Å²) in [5.74, 6) is 2.67. The van der Waals surface area contributed by atoms with Crippen LogP contribution in [0.4, 0.5) is 0 Å². The van der Waals surface area contributed by atoms with Crippen LogP contribution in [0.25, 0.3) is 38.1 Å². The van der Waals surface area contributed by atoms with Gasteiger partial charge in [-0.15, -0.1) is 21.5 Å². The Hall–Kier alpha value is -6.55. The van der Waals surface area contributed by atoms with Crippen molar-refractivity contribution in [1.82, 2.24) is 33.9 Å². The van der Waals surface area contributed by atoms with E-state index < -0.39 is 12.1 Å². The average molecular weight is 940 g/mol. The number of Topliss-reactive ketones (excluding diaryl/α,β-unsaturated/α-hetero) is 2. The van der Waals surface area contributed by atoms with Crippen LogP contribution in [0.2, 0.25) is 5.02 Å². The van der Waals surface area contributed by atoms with Crippen LogP contribution >= 0.6 is 22.9 Å². The molecule has 0 unspecified atom stereocenters. The summed E-state index contributed by atoms with van der Waals surface area (Å²) in [4.78, 5) is 57.4. The van der Waals surface area contributed by atoms with Crippen LogP contribution in [-0.2, 0) is 20.9 Å². The minimum Gasteiger partial charge on any atom is -0.496 e. The molecule has 6 aromatic heterocycles. The Bertz CT molecular complexity index is 3250. The van der Waals surface area contributed by atoms with Crippen molar-refractivity contribution >= 4 is 62.2 Å². The highest BCUT2D eigenvalue weighted by Gasteiger charge is 2.32. The molecule has 0 amide bonds. The van der Waals surface area contributed by atoms with Gasteiger partial charge >= 0.3 is 5.69 Å². The summed E-state index contributed by atoms with van der Waals surface area (Å²) in [6, 6.07) is 16.1. The van der Waals surface area contributed by atoms with Crippen LogP contribution < -0.4 is 10.4 Å². The van der Waals surface area contributed by atoms with Gasteiger partial charge in [-0.1, -0.05) is 29.8 Å². The number of ketones is 2. The van der Waals surface area contributed by atoms with E-state index in [-0.39, 0.29) is 36.6 Å². The molecule has 0 N–H and O–H groups in total. The van der Waals surface area contributed by atoms with E-state index >= 15 is 0 Å². The standard InChI is InChI=1S/C51H51ClN8O6S/c1-28-27-66-31(4)45(28)39-23-41-38(24-44(39)64-7)48-43(25-54-41)58(51(63)59(48)30(3)40-14-8-9-19-53-40)26-37(62)13-11-21-65-20-10-12-36(61)22-42-49-57-56-33(6)60(49)50-46(29(2)32(5)67-50)47(55-42)34-15-17-35(52)18-16-34/h8-9,14-19,23-25,27,30,42H,10-13,20-22,26H2,1-7H3/t30-,42+/m1/s1. The number of pyridine rings is 2. The molecular weight excluding hydrogens is 888 g/mol. The highest BCUT2D eigenvalue weighted by Crippen LogP contribution is 2.42. The van der Waals surface area contributed by atoms with E-state index in [0.29, 0.717) is 76.7 Å². The molecule has 0 aliphatic carbocycles. The number of benzene rings is 2. The number of thiophene rings is 1. The number of methoxy groups -OCH3 is 1. The van der Waals surface area contributed by atoms with Gasteiger partial charge in [0.15, 0.2) is 11.6 Å². The van der Waals surface area contributed by atoms with Gasteiger partial charge in [-0.2, -0.15) is 0 Å². The van der Waals surface area contributed by atoms with Gasteiger partial charge in [-0.3, -0.25) is 38.3 Å². The van der Waals surface area contributed by atoms with E-state index in [1.807, 2.05) is 86.9 Å². The van der Waals surface area contributed by atoms with Gasteiger partial charge in [0.05, 0.1) is 60.1 Å². The quantitative estimate of drug-likeness (QED) is 0.0804. The molecule has 1 aliphatic heterocycles. The molecule has 0 saturated carbocycles. The Morgan fingerprint density at radius 3 is 2.40 bits per heavy atom. The number of carbonyl (C=O) groups is 2. The second kappa shape index (κ2) is 19.0. The van der Waals surface area contributed by atoms with Gasteiger partial charge in [0, 0.05) is 76.2 Å². The van der Waals surface area contributed by atoms with Crippen LogP contribution in [0.1, 0.15) is 101 Å². The molecule has 2 aromatic carbocycles. The number of hydrogen-bond donors (Lipinski definition) is 0. The lowest BCUT2D eigenvalue weighted by atomic mass is 9.99. The van der Waals surface area contributed by atoms with Crippen molar-refractivity contribution in [2.45, 2.75) is 92.3 Å². The summed E-state index contributed by atoms with van der Waals surface area (Å²) in [7, 11) is 1.61. The summed E-state index contributed by atoms with van der Waals surface area (Å²) in [5, 5.41) is 11.3. The number of hydrogen-bond acceptors (Lipinski definition) is 12. The van der Waals surface area contributed by atoms with Gasteiger partial charge in [0.2, 0.25) is 0 Å². The second-order valence-corrected chi connectivity index (χ2v) is 18.7. The van der Waals surface area contributed by atoms with Gasteiger partial charge in [0.25, 0.3) is 0 Å². The number of furan rings is 1. The normalized spacial score (nSPS) is 14.0. The summed E-state index contributed by atoms with van der Waals surface area (Å²) in [6.45, 7) is 12.5. The Balaban J connectivity index is 0.857. The third-order valence-electron chi connectivity index (χ3n) is 12.6. The van der Waals surface area contributed by atoms with E-state index in [2.05, 4.69) is 29.0 Å². The maximum atomic E-state index is 14.4. The Morgan fingerprint density at radius 2 is 1.70 bits per heavy atom. The predicted octanol–water partition coefficient (Wildman–Crippen LogP) is 10.2. The second-order valence-electron chi connectivity index (χ2n) is 17.1. The summed E-state index contributed by atoms with van der Waals surface area (Å²) in [5.41, 5.74) is 8.79. The molecule has 2 atom stereocenters. The Labute approximate surface area is 396 Å². The molecule has 0 spiro atoms. The minimum atomic E-state index is -0.531. The fraction of sp³-hybridized carbons (Fsp3) is 0.333. The highest BCUT2D eigenvalue weighted by molar-refractivity contribution is 7.15. The molecule has 344 valence electrons. The topological polar surface area (TPSA) is 162 Å². The number of ether oxygens (including phenoxy) is 2. The van der Waals surface area contributed by atoms with Crippen molar-refractivity contribution < 1.29 is 23.5 Å². The fourth-order valence-electron chi connectivity index (χ4n) is 9.13. The number of aryl methyl sites for hydroxylation is 4. The number of carbonyl (C=O) groups excluding carboxylic acids is 2. The number of fused-ring (bicyclic) bond motifs is 6. The first kappa shape index (κ1) is 45.6. The predicted molar refractivity (Wildman–Crippen MR) is 260 cm³/mol. The van der Waals surface area contributed by atoms with Crippen molar-refractivity contribution in [2.24, 2.45) is 4.99 Å². The molecule has 0 fully saturated rings. The summed E-state index contributed by atoms with van der Waals surface area (Å²) in [6.07, 6.45) is 6.73. The molecule has 16 heteroatoms. The lowest BCUT2D eigenvalue weighted by molar-refractivity contribution is -0.120. The van der Waals surface area contributed by atoms with Crippen LogP contribution in [0.15, 0.2) is 87.5 Å². The molecule has 0 radical (unpaired) electrons. The van der Waals surface area contributed by atoms with Crippen LogP contribution in [0.5, 0.6) is 5.75 Å². The maximum absolute atomic E-state index is 14.4. The zero-order valence-corrected chi connectivity index (χ0v) is 40.1. The third kappa shape index (κ3) is 8.67. The van der Waals surface area contributed by atoms with Crippen molar-refractivity contribution in [3.05, 3.63) is 139 Å². The van der Waals surface area contributed by atoms with Gasteiger partial charge in [0.1, 0.15) is 34.2 Å². The largest absolute Gasteiger partial charge is 0.496 e. The number of rotatable bonds is 17. The number of aliphatic imine (C=N–C) groups is 1. The van der Waals surface area contributed by atoms with Gasteiger partial charge in [-0.05, 0) is 102 Å². The molecule has 0 bridgehead atoms. The maximum Gasteiger partial charge on any atom is 0.330 e. The van der Waals surface area contributed by atoms with Gasteiger partial charge < -0.3 is 13.9 Å². The lowest BCUT2D eigenvalue weighted by Crippen LogP contribution is -2.29. The van der Waals surface area contributed by atoms with Crippen molar-refractivity contribution in [3.63, 3.8) is 0 Å². The molecule has 0 saturated heterocycles. The van der Waals surface area contributed by atoms with Gasteiger partial charge in [-0.25, -0.2) is 4.79 Å². The molecule has 8 aromatic rings. The first-order valence-electron chi connectivity index (χ1n) is 22.4. The Kier molecular flexibility index (Phi) is 12.9. The minimum absolute atomic E-state index is 0.0413. The SMILES string of the molecule is COc1cc2c(cc1-c1c(C)coc1C)ncc1c2n([C@H](C)c2ccccn2)c(=O)n1CC(=O)CCCOCCCC(=O)C[C@@H]1N=C(c2ccc(Cl)cc2)c2c(sc(C)c2C)-n2c(C)nnc21. The molecule has 9 rings (SSSR count). The molecule has 14 nitrogen and oxygen atoms in total. The fourth-order valence-corrected chi connectivity index (χ4v) is 10.5. The summed E-state index contributed by atoms with van der Waals surface area (Å²) < 4.78 is 22.8. The smallest absolute Gasteiger partial charge is 0.330 e.